The minimum atomic E-state index is 0.800. The molecule has 2 heteroatoms. The van der Waals surface area contributed by atoms with Crippen LogP contribution in [0.25, 0.3) is 5.69 Å². The second-order valence-electron chi connectivity index (χ2n) is 3.62. The zero-order chi connectivity index (χ0) is 10.1. The van der Waals surface area contributed by atoms with Crippen LogP contribution in [0.2, 0.25) is 0 Å². The highest BCUT2D eigenvalue weighted by molar-refractivity contribution is 5.46. The Balaban J connectivity index is 2.44. The normalized spacial score (nSPS) is 10.4. The molecular formula is C12H14N2. The zero-order valence-corrected chi connectivity index (χ0v) is 8.49. The van der Waals surface area contributed by atoms with Crippen LogP contribution in [0, 0.1) is 13.8 Å². The first kappa shape index (κ1) is 8.88. The summed E-state index contributed by atoms with van der Waals surface area (Å²) in [6.45, 7) is 4.23. The van der Waals surface area contributed by atoms with E-state index in [4.69, 9.17) is 5.73 Å². The van der Waals surface area contributed by atoms with Gasteiger partial charge in [0.1, 0.15) is 0 Å². The Morgan fingerprint density at radius 1 is 0.929 bits per heavy atom. The Morgan fingerprint density at radius 2 is 1.43 bits per heavy atom. The number of benzene rings is 1. The first-order valence-corrected chi connectivity index (χ1v) is 4.68. The van der Waals surface area contributed by atoms with Crippen molar-refractivity contribution in [2.45, 2.75) is 13.8 Å². The van der Waals surface area contributed by atoms with Gasteiger partial charge in [-0.1, -0.05) is 0 Å². The average molecular weight is 186 g/mol. The van der Waals surface area contributed by atoms with Gasteiger partial charge in [-0.2, -0.15) is 0 Å². The quantitative estimate of drug-likeness (QED) is 0.682. The summed E-state index contributed by atoms with van der Waals surface area (Å²) < 4.78 is 2.12. The van der Waals surface area contributed by atoms with Crippen LogP contribution < -0.4 is 5.73 Å². The molecule has 0 aliphatic heterocycles. The molecular weight excluding hydrogens is 172 g/mol. The van der Waals surface area contributed by atoms with Crippen LogP contribution in [0.15, 0.2) is 36.7 Å². The average Bonchev–Trinajstić information content (AvgIpc) is 2.48. The van der Waals surface area contributed by atoms with Crippen molar-refractivity contribution in [3.05, 3.63) is 47.8 Å². The number of aromatic nitrogens is 1. The lowest BCUT2D eigenvalue weighted by Gasteiger charge is -2.02. The van der Waals surface area contributed by atoms with Crippen LogP contribution >= 0.6 is 0 Å². The van der Waals surface area contributed by atoms with Crippen molar-refractivity contribution in [1.82, 2.24) is 4.57 Å². The molecule has 0 radical (unpaired) electrons. The lowest BCUT2D eigenvalue weighted by atomic mass is 10.2. The molecule has 0 aliphatic rings. The van der Waals surface area contributed by atoms with Crippen molar-refractivity contribution in [3.8, 4) is 5.69 Å². The van der Waals surface area contributed by atoms with Crippen molar-refractivity contribution in [2.24, 2.45) is 0 Å². The molecule has 0 bridgehead atoms. The summed E-state index contributed by atoms with van der Waals surface area (Å²) in [4.78, 5) is 0. The Kier molecular flexibility index (Phi) is 2.04. The number of nitrogens with zero attached hydrogens (tertiary/aromatic N) is 1. The Bertz CT molecular complexity index is 418. The fourth-order valence-electron chi connectivity index (χ4n) is 1.45. The summed E-state index contributed by atoms with van der Waals surface area (Å²) >= 11 is 0. The van der Waals surface area contributed by atoms with E-state index < -0.39 is 0 Å². The lowest BCUT2D eigenvalue weighted by Crippen LogP contribution is -1.90. The molecule has 0 aliphatic carbocycles. The molecule has 0 fully saturated rings. The van der Waals surface area contributed by atoms with Crippen molar-refractivity contribution in [3.63, 3.8) is 0 Å². The Morgan fingerprint density at radius 3 is 1.93 bits per heavy atom. The van der Waals surface area contributed by atoms with Gasteiger partial charge in [0.15, 0.2) is 0 Å². The maximum Gasteiger partial charge on any atom is 0.0451 e. The molecule has 2 nitrogen and oxygen atoms in total. The molecule has 0 unspecified atom stereocenters. The van der Waals surface area contributed by atoms with E-state index in [0.29, 0.717) is 0 Å². The highest BCUT2D eigenvalue weighted by atomic mass is 14.9. The molecule has 0 saturated carbocycles. The van der Waals surface area contributed by atoms with Gasteiger partial charge in [-0.25, -0.2) is 0 Å². The fraction of sp³-hybridized carbons (Fsp3) is 0.167. The second-order valence-corrected chi connectivity index (χ2v) is 3.62. The highest BCUT2D eigenvalue weighted by Crippen LogP contribution is 2.15. The van der Waals surface area contributed by atoms with Gasteiger partial charge in [0.2, 0.25) is 0 Å². The fourth-order valence-corrected chi connectivity index (χ4v) is 1.45. The molecule has 72 valence electrons. The third-order valence-corrected chi connectivity index (χ3v) is 2.48. The second kappa shape index (κ2) is 3.22. The largest absolute Gasteiger partial charge is 0.399 e. The van der Waals surface area contributed by atoms with Crippen LogP contribution in [0.1, 0.15) is 11.1 Å². The molecule has 2 rings (SSSR count). The van der Waals surface area contributed by atoms with Crippen LogP contribution in [0.4, 0.5) is 5.69 Å². The molecule has 1 heterocycles. The van der Waals surface area contributed by atoms with Gasteiger partial charge in [0.25, 0.3) is 0 Å². The van der Waals surface area contributed by atoms with Gasteiger partial charge in [0, 0.05) is 23.8 Å². The minimum Gasteiger partial charge on any atom is -0.399 e. The van der Waals surface area contributed by atoms with Crippen molar-refractivity contribution in [1.29, 1.82) is 0 Å². The Labute approximate surface area is 84.0 Å². The summed E-state index contributed by atoms with van der Waals surface area (Å²) in [5.41, 5.74) is 10.2. The summed E-state index contributed by atoms with van der Waals surface area (Å²) in [5.74, 6) is 0. The number of hydrogen-bond acceptors (Lipinski definition) is 1. The maximum absolute atomic E-state index is 5.63. The van der Waals surface area contributed by atoms with Crippen molar-refractivity contribution in [2.75, 3.05) is 5.73 Å². The monoisotopic (exact) mass is 186 g/mol. The number of rotatable bonds is 1. The van der Waals surface area contributed by atoms with Gasteiger partial charge < -0.3 is 10.3 Å². The van der Waals surface area contributed by atoms with Crippen LogP contribution in [0.5, 0.6) is 0 Å². The van der Waals surface area contributed by atoms with Crippen LogP contribution in [-0.4, -0.2) is 4.57 Å². The number of anilines is 1. The molecule has 0 spiro atoms. The highest BCUT2D eigenvalue weighted by Gasteiger charge is 1.99. The Hall–Kier alpha value is -1.70. The molecule has 0 saturated heterocycles. The van der Waals surface area contributed by atoms with Crippen molar-refractivity contribution >= 4 is 5.69 Å². The summed E-state index contributed by atoms with van der Waals surface area (Å²) in [6.07, 6.45) is 4.25. The first-order valence-electron chi connectivity index (χ1n) is 4.68. The van der Waals surface area contributed by atoms with E-state index in [9.17, 15) is 0 Å². The molecule has 14 heavy (non-hydrogen) atoms. The predicted molar refractivity (Wildman–Crippen MR) is 59.7 cm³/mol. The number of nitrogens with two attached hydrogens (primary N) is 1. The summed E-state index contributed by atoms with van der Waals surface area (Å²) in [6, 6.07) is 7.88. The van der Waals surface area contributed by atoms with Gasteiger partial charge in [-0.05, 0) is 49.2 Å². The lowest BCUT2D eigenvalue weighted by molar-refractivity contribution is 1.07. The molecule has 2 N–H and O–H groups in total. The molecule has 1 aromatic heterocycles. The SMILES string of the molecule is Cc1cn(-c2ccc(N)cc2)cc1C. The third kappa shape index (κ3) is 1.51. The molecule has 0 atom stereocenters. The minimum absolute atomic E-state index is 0.800. The maximum atomic E-state index is 5.63. The molecule has 1 aromatic carbocycles. The molecule has 2 aromatic rings. The standard InChI is InChI=1S/C12H14N2/c1-9-7-14(8-10(9)2)12-5-3-11(13)4-6-12/h3-8H,13H2,1-2H3. The predicted octanol–water partition coefficient (Wildman–Crippen LogP) is 2.68. The number of nitrogen functional groups attached to an aromatic ring is 1. The number of hydrogen-bond donors (Lipinski definition) is 1. The van der Waals surface area contributed by atoms with E-state index in [0.717, 1.165) is 11.4 Å². The third-order valence-electron chi connectivity index (χ3n) is 2.48. The van der Waals surface area contributed by atoms with Crippen molar-refractivity contribution < 1.29 is 0 Å². The van der Waals surface area contributed by atoms with E-state index >= 15 is 0 Å². The van der Waals surface area contributed by atoms with E-state index in [-0.39, 0.29) is 0 Å². The van der Waals surface area contributed by atoms with Crippen LogP contribution in [0.3, 0.4) is 0 Å². The smallest absolute Gasteiger partial charge is 0.0451 e. The molecule has 0 amide bonds. The van der Waals surface area contributed by atoms with E-state index in [1.807, 2.05) is 24.3 Å². The zero-order valence-electron chi connectivity index (χ0n) is 8.49. The van der Waals surface area contributed by atoms with Gasteiger partial charge in [-0.15, -0.1) is 0 Å². The summed E-state index contributed by atoms with van der Waals surface area (Å²) in [7, 11) is 0. The number of aryl methyl sites for hydroxylation is 2. The van der Waals surface area contributed by atoms with E-state index in [2.05, 4.69) is 30.8 Å². The van der Waals surface area contributed by atoms with E-state index in [1.54, 1.807) is 0 Å². The van der Waals surface area contributed by atoms with Gasteiger partial charge >= 0.3 is 0 Å². The summed E-state index contributed by atoms with van der Waals surface area (Å²) in [5, 5.41) is 0. The van der Waals surface area contributed by atoms with E-state index in [1.165, 1.54) is 11.1 Å². The van der Waals surface area contributed by atoms with Gasteiger partial charge in [0.05, 0.1) is 0 Å². The van der Waals surface area contributed by atoms with Gasteiger partial charge in [-0.3, -0.25) is 0 Å². The first-order chi connectivity index (χ1) is 6.66. The topological polar surface area (TPSA) is 30.9 Å². The van der Waals surface area contributed by atoms with Crippen LogP contribution in [-0.2, 0) is 0 Å².